The first kappa shape index (κ1) is 19.1. The van der Waals surface area contributed by atoms with Gasteiger partial charge in [-0.05, 0) is 37.5 Å². The lowest BCUT2D eigenvalue weighted by atomic mass is 9.77. The fourth-order valence-electron chi connectivity index (χ4n) is 3.38. The smallest absolute Gasteiger partial charge is 0.335 e. The predicted octanol–water partition coefficient (Wildman–Crippen LogP) is -0.116. The molecule has 1 unspecified atom stereocenters. The quantitative estimate of drug-likeness (QED) is 0.518. The van der Waals surface area contributed by atoms with Gasteiger partial charge >= 0.3 is 11.9 Å². The average molecular weight is 346 g/mol. The van der Waals surface area contributed by atoms with Crippen LogP contribution in [0.1, 0.15) is 39.5 Å². The maximum Gasteiger partial charge on any atom is 0.335 e. The van der Waals surface area contributed by atoms with Gasteiger partial charge in [-0.1, -0.05) is 13.8 Å². The molecular weight excluding hydrogens is 320 g/mol. The van der Waals surface area contributed by atoms with Crippen LogP contribution in [0.5, 0.6) is 0 Å². The van der Waals surface area contributed by atoms with E-state index in [1.807, 2.05) is 0 Å². The lowest BCUT2D eigenvalue weighted by Gasteiger charge is -2.38. The van der Waals surface area contributed by atoms with Crippen molar-refractivity contribution in [1.29, 1.82) is 0 Å². The summed E-state index contributed by atoms with van der Waals surface area (Å²) >= 11 is 0. The molecule has 4 N–H and O–H groups in total. The van der Waals surface area contributed by atoms with Crippen molar-refractivity contribution in [2.24, 2.45) is 17.8 Å². The summed E-state index contributed by atoms with van der Waals surface area (Å²) in [6, 6.07) is 0. The van der Waals surface area contributed by atoms with E-state index in [-0.39, 0.29) is 5.92 Å². The highest BCUT2D eigenvalue weighted by molar-refractivity contribution is 5.74. The normalized spacial score (nSPS) is 40.3. The second-order valence-electron chi connectivity index (χ2n) is 7.03. The van der Waals surface area contributed by atoms with E-state index in [4.69, 9.17) is 14.6 Å². The van der Waals surface area contributed by atoms with Crippen LogP contribution in [0.2, 0.25) is 0 Å². The predicted molar refractivity (Wildman–Crippen MR) is 80.7 cm³/mol. The van der Waals surface area contributed by atoms with Gasteiger partial charge in [0.2, 0.25) is 6.29 Å². The Labute approximate surface area is 140 Å². The zero-order chi connectivity index (χ0) is 18.0. The van der Waals surface area contributed by atoms with Crippen LogP contribution in [0.4, 0.5) is 0 Å². The maximum atomic E-state index is 12.2. The number of aliphatic hydroxyl groups is 3. The van der Waals surface area contributed by atoms with Crippen LogP contribution < -0.4 is 0 Å². The summed E-state index contributed by atoms with van der Waals surface area (Å²) in [5.74, 6) is -1.29. The van der Waals surface area contributed by atoms with Gasteiger partial charge < -0.3 is 29.9 Å². The van der Waals surface area contributed by atoms with E-state index in [1.165, 1.54) is 0 Å². The van der Waals surface area contributed by atoms with Crippen molar-refractivity contribution < 1.29 is 39.5 Å². The number of rotatable bonds is 4. The molecule has 0 bridgehead atoms. The maximum absolute atomic E-state index is 12.2. The molecule has 1 aliphatic carbocycles. The Morgan fingerprint density at radius 1 is 1.00 bits per heavy atom. The van der Waals surface area contributed by atoms with Crippen molar-refractivity contribution in [3.8, 4) is 0 Å². The molecule has 8 nitrogen and oxygen atoms in total. The fourth-order valence-corrected chi connectivity index (χ4v) is 3.38. The number of aliphatic hydroxyl groups excluding tert-OH is 3. The highest BCUT2D eigenvalue weighted by atomic mass is 16.7. The number of carboxylic acids is 1. The molecule has 0 amide bonds. The summed E-state index contributed by atoms with van der Waals surface area (Å²) in [6.07, 6.45) is -5.50. The minimum atomic E-state index is -1.80. The van der Waals surface area contributed by atoms with Gasteiger partial charge in [0.15, 0.2) is 6.10 Å². The molecule has 2 rings (SSSR count). The molecule has 1 aliphatic heterocycles. The van der Waals surface area contributed by atoms with Crippen molar-refractivity contribution >= 4 is 11.9 Å². The van der Waals surface area contributed by atoms with Gasteiger partial charge in [0.25, 0.3) is 0 Å². The van der Waals surface area contributed by atoms with Gasteiger partial charge in [-0.25, -0.2) is 4.79 Å². The molecule has 1 saturated carbocycles. The van der Waals surface area contributed by atoms with Gasteiger partial charge in [-0.2, -0.15) is 0 Å². The average Bonchev–Trinajstić information content (AvgIpc) is 2.55. The van der Waals surface area contributed by atoms with Crippen molar-refractivity contribution in [3.63, 3.8) is 0 Å². The molecule has 0 spiro atoms. The number of esters is 1. The molecule has 1 saturated heterocycles. The molecule has 2 fully saturated rings. The van der Waals surface area contributed by atoms with E-state index in [2.05, 4.69) is 13.8 Å². The summed E-state index contributed by atoms with van der Waals surface area (Å²) in [7, 11) is 0. The van der Waals surface area contributed by atoms with Gasteiger partial charge in [-0.3, -0.25) is 4.79 Å². The van der Waals surface area contributed by atoms with E-state index in [0.717, 1.165) is 12.8 Å². The van der Waals surface area contributed by atoms with E-state index in [9.17, 15) is 24.9 Å². The van der Waals surface area contributed by atoms with Crippen LogP contribution in [0, 0.1) is 17.8 Å². The first-order valence-electron chi connectivity index (χ1n) is 8.35. The van der Waals surface area contributed by atoms with Gasteiger partial charge in [0.1, 0.15) is 18.3 Å². The SMILES string of the molecule is CC(C)C1CCC(C(=O)OC2O[C@H](C(=O)O)[C@@H](O)[C@H](O)[C@H]2O)CC1. The minimum Gasteiger partial charge on any atom is -0.479 e. The van der Waals surface area contributed by atoms with Crippen LogP contribution in [0.15, 0.2) is 0 Å². The van der Waals surface area contributed by atoms with E-state index in [0.29, 0.717) is 24.7 Å². The summed E-state index contributed by atoms with van der Waals surface area (Å²) in [4.78, 5) is 23.3. The van der Waals surface area contributed by atoms with Crippen LogP contribution in [0.25, 0.3) is 0 Å². The zero-order valence-corrected chi connectivity index (χ0v) is 13.9. The first-order valence-corrected chi connectivity index (χ1v) is 8.35. The van der Waals surface area contributed by atoms with Crippen molar-refractivity contribution in [2.75, 3.05) is 0 Å². The molecule has 0 aromatic carbocycles. The molecule has 1 heterocycles. The number of hydrogen-bond donors (Lipinski definition) is 4. The summed E-state index contributed by atoms with van der Waals surface area (Å²) < 4.78 is 10.1. The molecule has 24 heavy (non-hydrogen) atoms. The summed E-state index contributed by atoms with van der Waals surface area (Å²) in [5, 5.41) is 38.2. The zero-order valence-electron chi connectivity index (χ0n) is 13.9. The number of carbonyl (C=O) groups excluding carboxylic acids is 1. The highest BCUT2D eigenvalue weighted by Crippen LogP contribution is 2.34. The Bertz CT molecular complexity index is 457. The monoisotopic (exact) mass is 346 g/mol. The Morgan fingerprint density at radius 3 is 2.08 bits per heavy atom. The third-order valence-electron chi connectivity index (χ3n) is 5.09. The largest absolute Gasteiger partial charge is 0.479 e. The molecule has 8 heteroatoms. The second-order valence-corrected chi connectivity index (χ2v) is 7.03. The Kier molecular flexibility index (Phi) is 6.19. The number of hydrogen-bond acceptors (Lipinski definition) is 7. The van der Waals surface area contributed by atoms with Crippen molar-refractivity contribution in [3.05, 3.63) is 0 Å². The molecule has 5 atom stereocenters. The van der Waals surface area contributed by atoms with Crippen molar-refractivity contribution in [1.82, 2.24) is 0 Å². The van der Waals surface area contributed by atoms with Crippen LogP contribution in [0.3, 0.4) is 0 Å². The number of carboxylic acid groups (broad SMARTS) is 1. The van der Waals surface area contributed by atoms with Crippen LogP contribution >= 0.6 is 0 Å². The third-order valence-corrected chi connectivity index (χ3v) is 5.09. The molecule has 0 aromatic rings. The van der Waals surface area contributed by atoms with Crippen LogP contribution in [-0.2, 0) is 19.1 Å². The molecule has 2 aliphatic rings. The Balaban J connectivity index is 1.94. The van der Waals surface area contributed by atoms with E-state index >= 15 is 0 Å². The second kappa shape index (κ2) is 7.77. The highest BCUT2D eigenvalue weighted by Gasteiger charge is 2.49. The van der Waals surface area contributed by atoms with Gasteiger partial charge in [-0.15, -0.1) is 0 Å². The van der Waals surface area contributed by atoms with Crippen molar-refractivity contribution in [2.45, 2.75) is 70.2 Å². The Hall–Kier alpha value is -1.22. The first-order chi connectivity index (χ1) is 11.2. The lowest BCUT2D eigenvalue weighted by molar-refractivity contribution is -0.287. The fraction of sp³-hybridized carbons (Fsp3) is 0.875. The van der Waals surface area contributed by atoms with Gasteiger partial charge in [0.05, 0.1) is 5.92 Å². The molecule has 0 radical (unpaired) electrons. The third kappa shape index (κ3) is 4.05. The number of ether oxygens (including phenoxy) is 2. The number of carbonyl (C=O) groups is 2. The molecule has 138 valence electrons. The lowest BCUT2D eigenvalue weighted by Crippen LogP contribution is -2.60. The topological polar surface area (TPSA) is 134 Å². The van der Waals surface area contributed by atoms with Gasteiger partial charge in [0, 0.05) is 0 Å². The standard InChI is InChI=1S/C16H26O8/c1-7(2)8-3-5-9(6-4-8)15(22)24-16-12(19)10(17)11(18)13(23-16)14(20)21/h7-13,16-19H,3-6H2,1-2H3,(H,20,21)/t8?,9?,10-,11-,12+,13-,16?/m0/s1. The molecular formula is C16H26O8. The van der Waals surface area contributed by atoms with Crippen LogP contribution in [-0.4, -0.2) is 63.1 Å². The Morgan fingerprint density at radius 2 is 1.58 bits per heavy atom. The summed E-state index contributed by atoms with van der Waals surface area (Å²) in [5.41, 5.74) is 0. The molecule has 0 aromatic heterocycles. The summed E-state index contributed by atoms with van der Waals surface area (Å²) in [6.45, 7) is 4.29. The minimum absolute atomic E-state index is 0.330. The van der Waals surface area contributed by atoms with E-state index in [1.54, 1.807) is 0 Å². The number of aliphatic carboxylic acids is 1. The van der Waals surface area contributed by atoms with E-state index < -0.39 is 42.6 Å².